The lowest BCUT2D eigenvalue weighted by Gasteiger charge is -2.06. The highest BCUT2D eigenvalue weighted by Crippen LogP contribution is 2.09. The quantitative estimate of drug-likeness (QED) is 0.336. The Kier molecular flexibility index (Phi) is 5.11. The molecule has 0 saturated heterocycles. The molecule has 7 heteroatoms. The zero-order valence-corrected chi connectivity index (χ0v) is 9.14. The Morgan fingerprint density at radius 2 is 2.14 bits per heavy atom. The van der Waals surface area contributed by atoms with E-state index in [4.69, 9.17) is 16.2 Å². The third-order valence-corrected chi connectivity index (χ3v) is 3.03. The van der Waals surface area contributed by atoms with Gasteiger partial charge in [0.05, 0.1) is 6.61 Å². The number of halogens is 1. The smallest absolute Gasteiger partial charge is 0.333 e. The second kappa shape index (κ2) is 5.33. The fourth-order valence-electron chi connectivity index (χ4n) is 0.516. The Morgan fingerprint density at radius 1 is 1.64 bits per heavy atom. The maximum Gasteiger partial charge on any atom is 0.333 e. The van der Waals surface area contributed by atoms with Crippen LogP contribution in [-0.4, -0.2) is 30.3 Å². The standard InChI is InChI=1S/C7H11ClO5S/c1-5(2)7(9)13-4-3-6(8)14(10,11)12/h6H,1,3-4H2,2H3,(H,10,11,12). The summed E-state index contributed by atoms with van der Waals surface area (Å²) in [5, 5.41) is 0. The van der Waals surface area contributed by atoms with Gasteiger partial charge in [0.1, 0.15) is 0 Å². The van der Waals surface area contributed by atoms with Crippen LogP contribution in [0.2, 0.25) is 0 Å². The van der Waals surface area contributed by atoms with Crippen LogP contribution in [0.15, 0.2) is 12.2 Å². The van der Waals surface area contributed by atoms with Crippen LogP contribution in [0.4, 0.5) is 0 Å². The van der Waals surface area contributed by atoms with Gasteiger partial charge in [-0.3, -0.25) is 4.55 Å². The predicted molar refractivity (Wildman–Crippen MR) is 51.6 cm³/mol. The summed E-state index contributed by atoms with van der Waals surface area (Å²) in [7, 11) is -4.27. The van der Waals surface area contributed by atoms with Crippen molar-refractivity contribution in [3.8, 4) is 0 Å². The summed E-state index contributed by atoms with van der Waals surface area (Å²) in [5.74, 6) is -0.621. The zero-order valence-electron chi connectivity index (χ0n) is 7.57. The number of hydrogen-bond acceptors (Lipinski definition) is 4. The third kappa shape index (κ3) is 5.21. The maximum absolute atomic E-state index is 10.8. The van der Waals surface area contributed by atoms with Crippen LogP contribution in [0.25, 0.3) is 0 Å². The van der Waals surface area contributed by atoms with Crippen molar-refractivity contribution in [2.24, 2.45) is 0 Å². The van der Waals surface area contributed by atoms with Crippen LogP contribution in [0.5, 0.6) is 0 Å². The molecule has 0 amide bonds. The van der Waals surface area contributed by atoms with Gasteiger partial charge in [0.2, 0.25) is 0 Å². The largest absolute Gasteiger partial charge is 0.462 e. The summed E-state index contributed by atoms with van der Waals surface area (Å²) in [6, 6.07) is 0. The summed E-state index contributed by atoms with van der Waals surface area (Å²) >= 11 is 5.27. The van der Waals surface area contributed by atoms with Gasteiger partial charge in [0.25, 0.3) is 10.1 Å². The molecular weight excluding hydrogens is 232 g/mol. The maximum atomic E-state index is 10.8. The number of rotatable bonds is 5. The molecule has 0 aliphatic rings. The third-order valence-electron chi connectivity index (χ3n) is 1.25. The van der Waals surface area contributed by atoms with Crippen molar-refractivity contribution in [2.75, 3.05) is 6.61 Å². The molecule has 5 nitrogen and oxygen atoms in total. The topological polar surface area (TPSA) is 80.7 Å². The van der Waals surface area contributed by atoms with E-state index in [-0.39, 0.29) is 18.6 Å². The molecule has 0 aromatic carbocycles. The van der Waals surface area contributed by atoms with E-state index in [9.17, 15) is 13.2 Å². The van der Waals surface area contributed by atoms with Gasteiger partial charge < -0.3 is 4.74 Å². The van der Waals surface area contributed by atoms with Crippen LogP contribution in [0.3, 0.4) is 0 Å². The lowest BCUT2D eigenvalue weighted by atomic mass is 10.4. The summed E-state index contributed by atoms with van der Waals surface area (Å²) in [6.45, 7) is 4.61. The highest BCUT2D eigenvalue weighted by atomic mass is 35.5. The molecule has 0 saturated carbocycles. The molecule has 0 fully saturated rings. The zero-order chi connectivity index (χ0) is 11.4. The molecule has 0 bridgehead atoms. The Labute approximate surface area is 87.4 Å². The average Bonchev–Trinajstić information content (AvgIpc) is 2.01. The summed E-state index contributed by atoms with van der Waals surface area (Å²) in [6.07, 6.45) is -0.167. The number of hydrogen-bond donors (Lipinski definition) is 1. The van der Waals surface area contributed by atoms with Gasteiger partial charge in [-0.2, -0.15) is 8.42 Å². The first kappa shape index (κ1) is 13.4. The fraction of sp³-hybridized carbons (Fsp3) is 0.571. The molecule has 1 atom stereocenters. The highest BCUT2D eigenvalue weighted by molar-refractivity contribution is 7.87. The van der Waals surface area contributed by atoms with Gasteiger partial charge in [-0.25, -0.2) is 4.79 Å². The van der Waals surface area contributed by atoms with Crippen molar-refractivity contribution in [2.45, 2.75) is 18.1 Å². The number of alkyl halides is 1. The monoisotopic (exact) mass is 242 g/mol. The average molecular weight is 243 g/mol. The van der Waals surface area contributed by atoms with Crippen LogP contribution >= 0.6 is 11.6 Å². The van der Waals surface area contributed by atoms with Crippen molar-refractivity contribution in [1.82, 2.24) is 0 Å². The minimum Gasteiger partial charge on any atom is -0.462 e. The minimum atomic E-state index is -4.27. The molecule has 0 heterocycles. The molecule has 82 valence electrons. The van der Waals surface area contributed by atoms with Crippen molar-refractivity contribution in [1.29, 1.82) is 0 Å². The highest BCUT2D eigenvalue weighted by Gasteiger charge is 2.19. The van der Waals surface area contributed by atoms with Gasteiger partial charge in [-0.05, 0) is 6.92 Å². The summed E-state index contributed by atoms with van der Waals surface area (Å²) < 4.78 is 32.4. The van der Waals surface area contributed by atoms with Crippen LogP contribution in [0.1, 0.15) is 13.3 Å². The van der Waals surface area contributed by atoms with Crippen LogP contribution < -0.4 is 0 Å². The molecule has 0 spiro atoms. The molecule has 0 aliphatic carbocycles. The lowest BCUT2D eigenvalue weighted by molar-refractivity contribution is -0.138. The molecule has 0 radical (unpaired) electrons. The minimum absolute atomic E-state index is 0.167. The molecule has 1 N–H and O–H groups in total. The van der Waals surface area contributed by atoms with Gasteiger partial charge in [0, 0.05) is 12.0 Å². The van der Waals surface area contributed by atoms with Crippen LogP contribution in [0, 0.1) is 0 Å². The normalized spacial score (nSPS) is 13.4. The predicted octanol–water partition coefficient (Wildman–Crippen LogP) is 0.949. The second-order valence-electron chi connectivity index (χ2n) is 2.63. The number of esters is 1. The van der Waals surface area contributed by atoms with Crippen molar-refractivity contribution in [3.05, 3.63) is 12.2 Å². The van der Waals surface area contributed by atoms with E-state index < -0.39 is 20.8 Å². The first-order valence-electron chi connectivity index (χ1n) is 3.68. The molecule has 0 aromatic heterocycles. The van der Waals surface area contributed by atoms with Gasteiger partial charge in [-0.1, -0.05) is 6.58 Å². The van der Waals surface area contributed by atoms with E-state index >= 15 is 0 Å². The molecular formula is C7H11ClO5S. The van der Waals surface area contributed by atoms with E-state index in [1.54, 1.807) is 0 Å². The van der Waals surface area contributed by atoms with Crippen molar-refractivity contribution >= 4 is 27.7 Å². The molecule has 0 aliphatic heterocycles. The van der Waals surface area contributed by atoms with E-state index in [1.165, 1.54) is 6.92 Å². The number of carbonyl (C=O) groups is 1. The summed E-state index contributed by atoms with van der Waals surface area (Å²) in [4.78, 5) is 10.8. The van der Waals surface area contributed by atoms with Crippen molar-refractivity contribution < 1.29 is 22.5 Å². The fourth-order valence-corrected chi connectivity index (χ4v) is 1.000. The van der Waals surface area contributed by atoms with Gasteiger partial charge >= 0.3 is 5.97 Å². The Hall–Kier alpha value is -0.590. The molecule has 0 aromatic rings. The first-order valence-corrected chi connectivity index (χ1v) is 5.62. The Balaban J connectivity index is 3.87. The number of ether oxygens (including phenoxy) is 1. The second-order valence-corrected chi connectivity index (χ2v) is 5.01. The Bertz CT molecular complexity index is 321. The lowest BCUT2D eigenvalue weighted by Crippen LogP contribution is -2.17. The van der Waals surface area contributed by atoms with E-state index in [2.05, 4.69) is 11.3 Å². The van der Waals surface area contributed by atoms with Gasteiger partial charge in [0.15, 0.2) is 4.71 Å². The first-order chi connectivity index (χ1) is 6.25. The SMILES string of the molecule is C=C(C)C(=O)OCCC(Cl)S(=O)(=O)O. The van der Waals surface area contributed by atoms with Crippen LogP contribution in [-0.2, 0) is 19.6 Å². The molecule has 14 heavy (non-hydrogen) atoms. The van der Waals surface area contributed by atoms with Gasteiger partial charge in [-0.15, -0.1) is 11.6 Å². The Morgan fingerprint density at radius 3 is 2.50 bits per heavy atom. The van der Waals surface area contributed by atoms with E-state index in [1.807, 2.05) is 0 Å². The van der Waals surface area contributed by atoms with Crippen molar-refractivity contribution in [3.63, 3.8) is 0 Å². The number of carbonyl (C=O) groups excluding carboxylic acids is 1. The molecule has 1 unspecified atom stereocenters. The van der Waals surface area contributed by atoms with E-state index in [0.29, 0.717) is 0 Å². The molecule has 0 rings (SSSR count). The van der Waals surface area contributed by atoms with E-state index in [0.717, 1.165) is 0 Å². The summed E-state index contributed by atoms with van der Waals surface area (Å²) in [5.41, 5.74) is 0.211.